The standard InChI is InChI=1S/C13H20N4S/c1-9-6-10(12(14)15)7-11(16-9)17-4-5-18-13(2,3)8-17/h6-7H,4-5,8H2,1-3H3,(H3,14,15). The van der Waals surface area contributed by atoms with Gasteiger partial charge in [0.2, 0.25) is 0 Å². The number of hydrogen-bond acceptors (Lipinski definition) is 4. The van der Waals surface area contributed by atoms with Gasteiger partial charge in [0.25, 0.3) is 0 Å². The second-order valence-electron chi connectivity index (χ2n) is 5.30. The van der Waals surface area contributed by atoms with Crippen molar-refractivity contribution in [2.75, 3.05) is 23.7 Å². The Morgan fingerprint density at radius 3 is 2.83 bits per heavy atom. The summed E-state index contributed by atoms with van der Waals surface area (Å²) in [6.07, 6.45) is 0. The fourth-order valence-electron chi connectivity index (χ4n) is 2.18. The molecular formula is C13H20N4S. The number of aromatic nitrogens is 1. The van der Waals surface area contributed by atoms with Crippen molar-refractivity contribution in [1.29, 1.82) is 5.41 Å². The van der Waals surface area contributed by atoms with Gasteiger partial charge in [-0.1, -0.05) is 0 Å². The van der Waals surface area contributed by atoms with E-state index in [1.165, 1.54) is 0 Å². The lowest BCUT2D eigenvalue weighted by Gasteiger charge is -2.38. The molecule has 3 N–H and O–H groups in total. The van der Waals surface area contributed by atoms with E-state index < -0.39 is 0 Å². The van der Waals surface area contributed by atoms with Crippen LogP contribution in [0.25, 0.3) is 0 Å². The lowest BCUT2D eigenvalue weighted by molar-refractivity contribution is 0.641. The van der Waals surface area contributed by atoms with Gasteiger partial charge in [-0.25, -0.2) is 4.98 Å². The van der Waals surface area contributed by atoms with Crippen molar-refractivity contribution in [2.45, 2.75) is 25.5 Å². The number of nitrogens with one attached hydrogen (secondary N) is 1. The van der Waals surface area contributed by atoms with Crippen LogP contribution in [0.2, 0.25) is 0 Å². The van der Waals surface area contributed by atoms with E-state index in [-0.39, 0.29) is 10.6 Å². The molecule has 2 heterocycles. The number of amidine groups is 1. The number of thioether (sulfide) groups is 1. The van der Waals surface area contributed by atoms with Crippen LogP contribution in [0.1, 0.15) is 25.1 Å². The van der Waals surface area contributed by atoms with Crippen LogP contribution in [-0.4, -0.2) is 34.4 Å². The van der Waals surface area contributed by atoms with Crippen molar-refractivity contribution >= 4 is 23.4 Å². The third-order valence-corrected chi connectivity index (χ3v) is 4.30. The summed E-state index contributed by atoms with van der Waals surface area (Å²) >= 11 is 2.00. The van der Waals surface area contributed by atoms with Crippen LogP contribution in [0, 0.1) is 12.3 Å². The van der Waals surface area contributed by atoms with Crippen LogP contribution >= 0.6 is 11.8 Å². The first-order chi connectivity index (χ1) is 8.37. The molecule has 0 saturated carbocycles. The van der Waals surface area contributed by atoms with Crippen LogP contribution in [0.5, 0.6) is 0 Å². The Kier molecular flexibility index (Phi) is 3.52. The third kappa shape index (κ3) is 2.96. The maximum atomic E-state index is 7.55. The number of rotatable bonds is 2. The molecule has 2 rings (SSSR count). The van der Waals surface area contributed by atoms with Crippen LogP contribution in [0.15, 0.2) is 12.1 Å². The van der Waals surface area contributed by atoms with Gasteiger partial charge >= 0.3 is 0 Å². The summed E-state index contributed by atoms with van der Waals surface area (Å²) < 4.78 is 0.250. The number of hydrogen-bond donors (Lipinski definition) is 2. The second kappa shape index (κ2) is 4.80. The molecule has 0 amide bonds. The molecular weight excluding hydrogens is 244 g/mol. The van der Waals surface area contributed by atoms with Crippen LogP contribution in [0.4, 0.5) is 5.82 Å². The maximum Gasteiger partial charge on any atom is 0.129 e. The lowest BCUT2D eigenvalue weighted by Crippen LogP contribution is -2.43. The van der Waals surface area contributed by atoms with Crippen molar-refractivity contribution in [3.63, 3.8) is 0 Å². The second-order valence-corrected chi connectivity index (χ2v) is 7.10. The molecule has 5 heteroatoms. The molecule has 0 radical (unpaired) electrons. The highest BCUT2D eigenvalue weighted by Crippen LogP contribution is 2.31. The Bertz CT molecular complexity index is 470. The number of nitrogen functional groups attached to an aromatic ring is 1. The Hall–Kier alpha value is -1.23. The first-order valence-electron chi connectivity index (χ1n) is 6.09. The number of nitrogens with zero attached hydrogens (tertiary/aromatic N) is 2. The molecule has 0 unspecified atom stereocenters. The van der Waals surface area contributed by atoms with Crippen molar-refractivity contribution in [1.82, 2.24) is 4.98 Å². The maximum absolute atomic E-state index is 7.55. The average Bonchev–Trinajstić information content (AvgIpc) is 2.26. The fraction of sp³-hybridized carbons (Fsp3) is 0.538. The molecule has 1 aromatic rings. The van der Waals surface area contributed by atoms with E-state index in [0.717, 1.165) is 35.9 Å². The summed E-state index contributed by atoms with van der Waals surface area (Å²) in [6.45, 7) is 8.43. The summed E-state index contributed by atoms with van der Waals surface area (Å²) in [5, 5.41) is 7.55. The monoisotopic (exact) mass is 264 g/mol. The zero-order chi connectivity index (χ0) is 13.3. The number of anilines is 1. The molecule has 0 atom stereocenters. The predicted molar refractivity (Wildman–Crippen MR) is 78.7 cm³/mol. The largest absolute Gasteiger partial charge is 0.384 e. The van der Waals surface area contributed by atoms with Crippen LogP contribution < -0.4 is 10.6 Å². The molecule has 1 aromatic heterocycles. The molecule has 0 aromatic carbocycles. The minimum Gasteiger partial charge on any atom is -0.384 e. The topological polar surface area (TPSA) is 66.0 Å². The van der Waals surface area contributed by atoms with E-state index in [9.17, 15) is 0 Å². The molecule has 18 heavy (non-hydrogen) atoms. The van der Waals surface area contributed by atoms with Gasteiger partial charge in [0.1, 0.15) is 11.7 Å². The third-order valence-electron chi connectivity index (χ3n) is 3.00. The summed E-state index contributed by atoms with van der Waals surface area (Å²) in [7, 11) is 0. The Balaban J connectivity index is 2.30. The molecule has 98 valence electrons. The first kappa shape index (κ1) is 13.2. The van der Waals surface area contributed by atoms with Gasteiger partial charge in [0.15, 0.2) is 0 Å². The van der Waals surface area contributed by atoms with E-state index in [4.69, 9.17) is 11.1 Å². The minimum absolute atomic E-state index is 0.104. The molecule has 0 aliphatic carbocycles. The molecule has 0 bridgehead atoms. The SMILES string of the molecule is Cc1cc(C(=N)N)cc(N2CCSC(C)(C)C2)n1. The number of pyridine rings is 1. The zero-order valence-electron chi connectivity index (χ0n) is 11.2. The van der Waals surface area contributed by atoms with Crippen LogP contribution in [-0.2, 0) is 0 Å². The van der Waals surface area contributed by atoms with Crippen LogP contribution in [0.3, 0.4) is 0 Å². The Labute approximate surface area is 112 Å². The number of nitrogens with two attached hydrogens (primary N) is 1. The van der Waals surface area contributed by atoms with Gasteiger partial charge in [-0.05, 0) is 32.9 Å². The highest BCUT2D eigenvalue weighted by molar-refractivity contribution is 8.00. The van der Waals surface area contributed by atoms with Crippen molar-refractivity contribution in [3.05, 3.63) is 23.4 Å². The van der Waals surface area contributed by atoms with E-state index in [1.54, 1.807) is 0 Å². The fourth-order valence-corrected chi connectivity index (χ4v) is 3.29. The summed E-state index contributed by atoms with van der Waals surface area (Å²) in [5.41, 5.74) is 7.24. The minimum atomic E-state index is 0.104. The molecule has 1 fully saturated rings. The molecule has 4 nitrogen and oxygen atoms in total. The normalized spacial score (nSPS) is 18.7. The number of aryl methyl sites for hydroxylation is 1. The molecule has 0 spiro atoms. The van der Waals surface area contributed by atoms with Gasteiger partial charge in [-0.2, -0.15) is 11.8 Å². The predicted octanol–water partition coefficient (Wildman–Crippen LogP) is 2.01. The first-order valence-corrected chi connectivity index (χ1v) is 7.08. The molecule has 1 saturated heterocycles. The summed E-state index contributed by atoms with van der Waals surface area (Å²) in [6, 6.07) is 3.77. The van der Waals surface area contributed by atoms with Crippen molar-refractivity contribution in [3.8, 4) is 0 Å². The van der Waals surface area contributed by atoms with Gasteiger partial charge in [0, 0.05) is 34.8 Å². The van der Waals surface area contributed by atoms with Crippen molar-refractivity contribution in [2.24, 2.45) is 5.73 Å². The highest BCUT2D eigenvalue weighted by atomic mass is 32.2. The lowest BCUT2D eigenvalue weighted by atomic mass is 10.1. The summed E-state index contributed by atoms with van der Waals surface area (Å²) in [4.78, 5) is 6.86. The quantitative estimate of drug-likeness (QED) is 0.633. The Morgan fingerprint density at radius 2 is 2.22 bits per heavy atom. The van der Waals surface area contributed by atoms with E-state index in [2.05, 4.69) is 23.7 Å². The van der Waals surface area contributed by atoms with E-state index in [0.29, 0.717) is 0 Å². The van der Waals surface area contributed by atoms with Gasteiger partial charge < -0.3 is 10.6 Å². The summed E-state index contributed by atoms with van der Waals surface area (Å²) in [5.74, 6) is 2.15. The average molecular weight is 264 g/mol. The Morgan fingerprint density at radius 1 is 1.50 bits per heavy atom. The smallest absolute Gasteiger partial charge is 0.129 e. The van der Waals surface area contributed by atoms with E-state index in [1.807, 2.05) is 30.8 Å². The van der Waals surface area contributed by atoms with Gasteiger partial charge in [0.05, 0.1) is 0 Å². The van der Waals surface area contributed by atoms with Gasteiger partial charge in [-0.15, -0.1) is 0 Å². The molecule has 1 aliphatic heterocycles. The zero-order valence-corrected chi connectivity index (χ0v) is 12.0. The van der Waals surface area contributed by atoms with Crippen molar-refractivity contribution < 1.29 is 0 Å². The molecule has 1 aliphatic rings. The van der Waals surface area contributed by atoms with Gasteiger partial charge in [-0.3, -0.25) is 5.41 Å². The highest BCUT2D eigenvalue weighted by Gasteiger charge is 2.27. The van der Waals surface area contributed by atoms with E-state index >= 15 is 0 Å².